The third kappa shape index (κ3) is 4.93. The van der Waals surface area contributed by atoms with E-state index in [9.17, 15) is 26.4 Å². The third-order valence-corrected chi connectivity index (χ3v) is 6.96. The standard InChI is InChI=1S/C18H27F3N2O3S/c1-14-6-4-9-17(2,3)15(14)7-8-16(24)22-10-5-11-23(13-12-22)27(25,26)18(19,20)21/h7-8H,4-6,9-13H2,1-3H3. The van der Waals surface area contributed by atoms with Crippen molar-refractivity contribution in [1.29, 1.82) is 0 Å². The molecule has 0 N–H and O–H groups in total. The normalized spacial score (nSPS) is 23.0. The fourth-order valence-electron chi connectivity index (χ4n) is 3.77. The largest absolute Gasteiger partial charge is 0.511 e. The van der Waals surface area contributed by atoms with Crippen LogP contribution in [0.5, 0.6) is 0 Å². The van der Waals surface area contributed by atoms with E-state index >= 15 is 0 Å². The Morgan fingerprint density at radius 2 is 1.78 bits per heavy atom. The topological polar surface area (TPSA) is 57.7 Å². The smallest absolute Gasteiger partial charge is 0.338 e. The summed E-state index contributed by atoms with van der Waals surface area (Å²) in [5.74, 6) is -0.303. The van der Waals surface area contributed by atoms with Crippen molar-refractivity contribution in [2.75, 3.05) is 26.2 Å². The van der Waals surface area contributed by atoms with Crippen LogP contribution < -0.4 is 0 Å². The first-order chi connectivity index (χ1) is 12.4. The average Bonchev–Trinajstić information content (AvgIpc) is 2.79. The van der Waals surface area contributed by atoms with Gasteiger partial charge in [0.2, 0.25) is 5.91 Å². The number of halogens is 3. The number of nitrogens with zero attached hydrogens (tertiary/aromatic N) is 2. The van der Waals surface area contributed by atoms with Gasteiger partial charge in [-0.1, -0.05) is 25.5 Å². The zero-order chi connectivity index (χ0) is 20.5. The van der Waals surface area contributed by atoms with Gasteiger partial charge in [-0.2, -0.15) is 17.5 Å². The summed E-state index contributed by atoms with van der Waals surface area (Å²) in [6.07, 6.45) is 6.57. The molecule has 154 valence electrons. The lowest BCUT2D eigenvalue weighted by atomic mass is 9.72. The Hall–Kier alpha value is -1.35. The minimum Gasteiger partial charge on any atom is -0.338 e. The van der Waals surface area contributed by atoms with Crippen LogP contribution in [0.15, 0.2) is 23.3 Å². The Kier molecular flexibility index (Phi) is 6.46. The molecule has 1 saturated heterocycles. The minimum absolute atomic E-state index is 0.0184. The Morgan fingerprint density at radius 3 is 2.37 bits per heavy atom. The first kappa shape index (κ1) is 21.9. The first-order valence-corrected chi connectivity index (χ1v) is 10.5. The zero-order valence-corrected chi connectivity index (χ0v) is 16.8. The van der Waals surface area contributed by atoms with Crippen molar-refractivity contribution in [2.45, 2.75) is 52.0 Å². The van der Waals surface area contributed by atoms with Crippen LogP contribution in [0.1, 0.15) is 46.5 Å². The zero-order valence-electron chi connectivity index (χ0n) is 16.0. The number of amides is 1. The van der Waals surface area contributed by atoms with Crippen LogP contribution in [0, 0.1) is 5.41 Å². The van der Waals surface area contributed by atoms with Gasteiger partial charge in [-0.25, -0.2) is 8.42 Å². The van der Waals surface area contributed by atoms with Crippen LogP contribution in [0.3, 0.4) is 0 Å². The number of alkyl halides is 3. The fraction of sp³-hybridized carbons (Fsp3) is 0.722. The molecule has 0 atom stereocenters. The second-order valence-electron chi connectivity index (χ2n) is 7.79. The number of rotatable bonds is 3. The van der Waals surface area contributed by atoms with E-state index < -0.39 is 15.5 Å². The molecule has 0 radical (unpaired) electrons. The van der Waals surface area contributed by atoms with E-state index in [1.54, 1.807) is 0 Å². The number of carbonyl (C=O) groups is 1. The highest BCUT2D eigenvalue weighted by molar-refractivity contribution is 7.90. The van der Waals surface area contributed by atoms with Crippen LogP contribution in [-0.2, 0) is 14.8 Å². The Morgan fingerprint density at radius 1 is 1.11 bits per heavy atom. The quantitative estimate of drug-likeness (QED) is 0.672. The molecule has 1 aliphatic heterocycles. The van der Waals surface area contributed by atoms with Crippen molar-refractivity contribution in [3.63, 3.8) is 0 Å². The van der Waals surface area contributed by atoms with Crippen molar-refractivity contribution in [3.8, 4) is 0 Å². The summed E-state index contributed by atoms with van der Waals surface area (Å²) in [5.41, 5.74) is -2.97. The molecule has 27 heavy (non-hydrogen) atoms. The molecule has 1 amide bonds. The van der Waals surface area contributed by atoms with E-state index in [2.05, 4.69) is 20.8 Å². The minimum atomic E-state index is -5.35. The van der Waals surface area contributed by atoms with E-state index in [-0.39, 0.29) is 43.9 Å². The van der Waals surface area contributed by atoms with E-state index in [1.165, 1.54) is 16.5 Å². The summed E-state index contributed by atoms with van der Waals surface area (Å²) in [6.45, 7) is 5.89. The van der Waals surface area contributed by atoms with Crippen molar-refractivity contribution in [1.82, 2.24) is 9.21 Å². The molecule has 5 nitrogen and oxygen atoms in total. The van der Waals surface area contributed by atoms with E-state index in [1.807, 2.05) is 6.08 Å². The number of sulfonamides is 1. The van der Waals surface area contributed by atoms with Crippen LogP contribution >= 0.6 is 0 Å². The highest BCUT2D eigenvalue weighted by atomic mass is 32.2. The average molecular weight is 408 g/mol. The van der Waals surface area contributed by atoms with Gasteiger partial charge in [0.05, 0.1) is 0 Å². The second kappa shape index (κ2) is 7.95. The van der Waals surface area contributed by atoms with Gasteiger partial charge in [-0.15, -0.1) is 0 Å². The summed E-state index contributed by atoms with van der Waals surface area (Å²) in [6, 6.07) is 0. The molecule has 1 heterocycles. The van der Waals surface area contributed by atoms with E-state index in [4.69, 9.17) is 0 Å². The second-order valence-corrected chi connectivity index (χ2v) is 9.72. The fourth-order valence-corrected chi connectivity index (χ4v) is 4.76. The van der Waals surface area contributed by atoms with Gasteiger partial charge in [-0.05, 0) is 43.6 Å². The predicted molar refractivity (Wildman–Crippen MR) is 97.2 cm³/mol. The summed E-state index contributed by atoms with van der Waals surface area (Å²) in [5, 5.41) is 0. The molecule has 9 heteroatoms. The molecule has 1 fully saturated rings. The SMILES string of the molecule is CC1=C(C=CC(=O)N2CCCN(S(=O)(=O)C(F)(F)F)CC2)C(C)(C)CCC1. The van der Waals surface area contributed by atoms with Gasteiger partial charge in [0.1, 0.15) is 0 Å². The maximum absolute atomic E-state index is 12.7. The lowest BCUT2D eigenvalue weighted by Gasteiger charge is -2.33. The molecule has 0 unspecified atom stereocenters. The van der Waals surface area contributed by atoms with Gasteiger partial charge in [0.15, 0.2) is 0 Å². The molecule has 2 aliphatic rings. The molecular formula is C18H27F3N2O3S. The monoisotopic (exact) mass is 408 g/mol. The first-order valence-electron chi connectivity index (χ1n) is 9.10. The van der Waals surface area contributed by atoms with Crippen molar-refractivity contribution in [3.05, 3.63) is 23.3 Å². The Labute approximate surface area is 158 Å². The lowest BCUT2D eigenvalue weighted by Crippen LogP contribution is -2.43. The maximum Gasteiger partial charge on any atom is 0.511 e. The highest BCUT2D eigenvalue weighted by Gasteiger charge is 2.50. The van der Waals surface area contributed by atoms with E-state index in [0.29, 0.717) is 4.31 Å². The van der Waals surface area contributed by atoms with Crippen molar-refractivity contribution < 1.29 is 26.4 Å². The number of hydrogen-bond acceptors (Lipinski definition) is 3. The molecular weight excluding hydrogens is 381 g/mol. The van der Waals surface area contributed by atoms with Crippen molar-refractivity contribution >= 4 is 15.9 Å². The van der Waals surface area contributed by atoms with Gasteiger partial charge in [-0.3, -0.25) is 4.79 Å². The van der Waals surface area contributed by atoms with Crippen LogP contribution in [0.4, 0.5) is 13.2 Å². The molecule has 0 saturated carbocycles. The Bertz CT molecular complexity index is 739. The van der Waals surface area contributed by atoms with Gasteiger partial charge in [0.25, 0.3) is 0 Å². The predicted octanol–water partition coefficient (Wildman–Crippen LogP) is 3.45. The summed E-state index contributed by atoms with van der Waals surface area (Å²) < 4.78 is 61.7. The molecule has 0 aromatic rings. The summed E-state index contributed by atoms with van der Waals surface area (Å²) in [7, 11) is -5.35. The molecule has 0 aromatic heterocycles. The van der Waals surface area contributed by atoms with Gasteiger partial charge in [0, 0.05) is 32.3 Å². The maximum atomic E-state index is 12.7. The lowest BCUT2D eigenvalue weighted by molar-refractivity contribution is -0.125. The van der Waals surface area contributed by atoms with Gasteiger partial charge < -0.3 is 4.90 Å². The van der Waals surface area contributed by atoms with Crippen molar-refractivity contribution in [2.24, 2.45) is 5.41 Å². The summed E-state index contributed by atoms with van der Waals surface area (Å²) >= 11 is 0. The molecule has 0 bridgehead atoms. The highest BCUT2D eigenvalue weighted by Crippen LogP contribution is 2.40. The van der Waals surface area contributed by atoms with Crippen LogP contribution in [0.25, 0.3) is 0 Å². The van der Waals surface area contributed by atoms with Crippen LogP contribution in [-0.4, -0.2) is 55.2 Å². The summed E-state index contributed by atoms with van der Waals surface area (Å²) in [4.78, 5) is 13.9. The Balaban J connectivity index is 2.07. The molecule has 1 aliphatic carbocycles. The van der Waals surface area contributed by atoms with E-state index in [0.717, 1.165) is 24.8 Å². The number of allylic oxidation sites excluding steroid dienone is 3. The van der Waals surface area contributed by atoms with Crippen LogP contribution in [0.2, 0.25) is 0 Å². The van der Waals surface area contributed by atoms with Gasteiger partial charge >= 0.3 is 15.5 Å². The molecule has 0 spiro atoms. The number of hydrogen-bond donors (Lipinski definition) is 0. The third-order valence-electron chi connectivity index (χ3n) is 5.33. The number of carbonyl (C=O) groups excluding carboxylic acids is 1. The molecule has 2 rings (SSSR count). The molecule has 0 aromatic carbocycles.